The van der Waals surface area contributed by atoms with Crippen LogP contribution in [-0.2, 0) is 16.0 Å². The minimum atomic E-state index is -0.809. The monoisotopic (exact) mass is 457 g/mol. The molecule has 170 valence electrons. The number of halogens is 1. The van der Waals surface area contributed by atoms with Crippen molar-refractivity contribution in [2.75, 3.05) is 20.4 Å². The molecular formula is C24H28ClN3O4. The number of fused-ring (bicyclic) bond motifs is 1. The molecule has 0 radical (unpaired) electrons. The van der Waals surface area contributed by atoms with Crippen molar-refractivity contribution in [1.29, 1.82) is 0 Å². The Bertz CT molecular complexity index is 1040. The number of nitrogens with zero attached hydrogens (tertiary/aromatic N) is 1. The number of carbonyl (C=O) groups is 2. The molecule has 0 aliphatic carbocycles. The summed E-state index contributed by atoms with van der Waals surface area (Å²) in [6.07, 6.45) is 0.442. The summed E-state index contributed by atoms with van der Waals surface area (Å²) in [5.41, 5.74) is 2.13. The summed E-state index contributed by atoms with van der Waals surface area (Å²) in [6.45, 7) is 0.199. The molecule has 1 aromatic heterocycles. The normalized spacial score (nSPS) is 13.0. The fourth-order valence-electron chi connectivity index (χ4n) is 3.72. The number of ether oxygens (including phenoxy) is 1. The van der Waals surface area contributed by atoms with E-state index in [2.05, 4.69) is 10.6 Å². The summed E-state index contributed by atoms with van der Waals surface area (Å²) in [5, 5.41) is 16.9. The van der Waals surface area contributed by atoms with Gasteiger partial charge in [0.25, 0.3) is 5.91 Å². The third-order valence-electron chi connectivity index (χ3n) is 5.24. The Hall–Kier alpha value is -2.87. The van der Waals surface area contributed by atoms with Gasteiger partial charge in [-0.2, -0.15) is 0 Å². The Kier molecular flexibility index (Phi) is 8.67. The van der Waals surface area contributed by atoms with Gasteiger partial charge in [0.1, 0.15) is 12.4 Å². The van der Waals surface area contributed by atoms with Gasteiger partial charge < -0.3 is 20.5 Å². The quantitative estimate of drug-likeness (QED) is 0.386. The van der Waals surface area contributed by atoms with Gasteiger partial charge in [0, 0.05) is 37.2 Å². The number of carbonyl (C=O) groups excluding carboxylic acids is 2. The molecule has 7 nitrogen and oxygen atoms in total. The molecule has 0 aliphatic rings. The fraction of sp³-hybridized carbons (Fsp3) is 0.333. The molecule has 3 rings (SSSR count). The van der Waals surface area contributed by atoms with E-state index in [1.54, 1.807) is 6.07 Å². The van der Waals surface area contributed by atoms with E-state index in [1.165, 1.54) is 11.2 Å². The van der Waals surface area contributed by atoms with Gasteiger partial charge in [0.05, 0.1) is 11.6 Å². The molecule has 1 heterocycles. The number of methoxy groups -OCH3 is 1. The smallest absolute Gasteiger partial charge is 0.269 e. The molecule has 0 fully saturated rings. The van der Waals surface area contributed by atoms with Gasteiger partial charge in [0.2, 0.25) is 5.91 Å². The van der Waals surface area contributed by atoms with Crippen molar-refractivity contribution < 1.29 is 19.4 Å². The van der Waals surface area contributed by atoms with E-state index >= 15 is 0 Å². The molecule has 3 N–H and O–H groups in total. The van der Waals surface area contributed by atoms with Crippen LogP contribution in [0.4, 0.5) is 0 Å². The van der Waals surface area contributed by atoms with Crippen LogP contribution < -0.4 is 10.6 Å². The van der Waals surface area contributed by atoms with E-state index in [-0.39, 0.29) is 37.4 Å². The lowest BCUT2D eigenvalue weighted by atomic mass is 9.90. The van der Waals surface area contributed by atoms with Crippen LogP contribution in [0.2, 0.25) is 0 Å². The van der Waals surface area contributed by atoms with Crippen molar-refractivity contribution in [3.63, 3.8) is 0 Å². The van der Waals surface area contributed by atoms with Crippen LogP contribution in [0.15, 0.2) is 60.7 Å². The second-order valence-corrected chi connectivity index (χ2v) is 8.10. The fourth-order valence-corrected chi connectivity index (χ4v) is 4.00. The highest BCUT2D eigenvalue weighted by molar-refractivity contribution is 6.22. The largest absolute Gasteiger partial charge is 0.391 e. The second kappa shape index (κ2) is 11.7. The number of hydrogen-bond acceptors (Lipinski definition) is 4. The van der Waals surface area contributed by atoms with E-state index in [9.17, 15) is 14.7 Å². The first-order valence-electron chi connectivity index (χ1n) is 10.5. The molecule has 2 aromatic carbocycles. The Labute approximate surface area is 192 Å². The summed E-state index contributed by atoms with van der Waals surface area (Å²) in [4.78, 5) is 24.8. The lowest BCUT2D eigenvalue weighted by molar-refractivity contribution is -0.123. The minimum absolute atomic E-state index is 0.0578. The number of aliphatic hydroxyl groups is 1. The summed E-state index contributed by atoms with van der Waals surface area (Å²) >= 11 is 6.28. The Balaban J connectivity index is 1.59. The molecule has 8 heteroatoms. The Morgan fingerprint density at radius 2 is 1.81 bits per heavy atom. The third kappa shape index (κ3) is 6.56. The number of aromatic nitrogens is 1. The van der Waals surface area contributed by atoms with Crippen LogP contribution in [-0.4, -0.2) is 47.5 Å². The Morgan fingerprint density at radius 1 is 1.09 bits per heavy atom. The lowest BCUT2D eigenvalue weighted by Gasteiger charge is -2.20. The van der Waals surface area contributed by atoms with Gasteiger partial charge in [-0.1, -0.05) is 48.5 Å². The molecular weight excluding hydrogens is 430 g/mol. The number of hydrogen-bond donors (Lipinski definition) is 3. The van der Waals surface area contributed by atoms with Gasteiger partial charge in [-0.05, 0) is 36.5 Å². The SMILES string of the molecule is COCNC(=O)CC(Cc1ccccc1)CC(O)CNC(=O)c1cc2ccccc2n1Cl. The average Bonchev–Trinajstić information content (AvgIpc) is 3.13. The highest BCUT2D eigenvalue weighted by atomic mass is 35.5. The third-order valence-corrected chi connectivity index (χ3v) is 5.61. The van der Waals surface area contributed by atoms with Gasteiger partial charge in [-0.25, -0.2) is 4.09 Å². The van der Waals surface area contributed by atoms with Gasteiger partial charge >= 0.3 is 0 Å². The average molecular weight is 458 g/mol. The van der Waals surface area contributed by atoms with Crippen LogP contribution in [0.1, 0.15) is 28.9 Å². The van der Waals surface area contributed by atoms with Crippen LogP contribution in [0.25, 0.3) is 10.9 Å². The van der Waals surface area contributed by atoms with Crippen LogP contribution in [0.5, 0.6) is 0 Å². The van der Waals surface area contributed by atoms with Crippen molar-refractivity contribution in [3.8, 4) is 0 Å². The van der Waals surface area contributed by atoms with Gasteiger partial charge in [-0.15, -0.1) is 0 Å². The first kappa shape index (κ1) is 23.8. The first-order chi connectivity index (χ1) is 15.5. The molecule has 32 heavy (non-hydrogen) atoms. The second-order valence-electron chi connectivity index (χ2n) is 7.76. The number of rotatable bonds is 11. The van der Waals surface area contributed by atoms with Crippen molar-refractivity contribution in [2.45, 2.75) is 25.4 Å². The topological polar surface area (TPSA) is 92.6 Å². The van der Waals surface area contributed by atoms with Gasteiger partial charge in [-0.3, -0.25) is 9.59 Å². The molecule has 0 saturated carbocycles. The molecule has 0 aliphatic heterocycles. The van der Waals surface area contributed by atoms with Crippen molar-refractivity contribution in [2.24, 2.45) is 5.92 Å². The van der Waals surface area contributed by atoms with Crippen molar-refractivity contribution in [1.82, 2.24) is 14.7 Å². The predicted octanol–water partition coefficient (Wildman–Crippen LogP) is 3.09. The van der Waals surface area contributed by atoms with E-state index in [0.29, 0.717) is 18.5 Å². The van der Waals surface area contributed by atoms with Crippen LogP contribution >= 0.6 is 11.8 Å². The Morgan fingerprint density at radius 3 is 2.53 bits per heavy atom. The predicted molar refractivity (Wildman–Crippen MR) is 124 cm³/mol. The summed E-state index contributed by atoms with van der Waals surface area (Å²) in [5.74, 6) is -0.607. The minimum Gasteiger partial charge on any atom is -0.391 e. The molecule has 3 aromatic rings. The summed E-state index contributed by atoms with van der Waals surface area (Å²) in [6, 6.07) is 19.0. The maximum absolute atomic E-state index is 12.6. The maximum Gasteiger partial charge on any atom is 0.269 e. The maximum atomic E-state index is 12.6. The zero-order valence-corrected chi connectivity index (χ0v) is 18.7. The van der Waals surface area contributed by atoms with E-state index < -0.39 is 6.10 Å². The molecule has 0 bridgehead atoms. The zero-order chi connectivity index (χ0) is 22.9. The molecule has 2 unspecified atom stereocenters. The molecule has 2 amide bonds. The number of para-hydroxylation sites is 1. The standard InChI is InChI=1S/C24H28ClN3O4/c1-32-16-27-23(30)13-18(11-17-7-3-2-4-8-17)12-20(29)15-26-24(31)22-14-19-9-5-6-10-21(19)28(22)25/h2-10,14,18,20,29H,11-13,15-16H2,1H3,(H,26,31)(H,27,30). The zero-order valence-electron chi connectivity index (χ0n) is 18.0. The first-order valence-corrected chi connectivity index (χ1v) is 10.8. The highest BCUT2D eigenvalue weighted by Crippen LogP contribution is 2.21. The number of nitrogens with one attached hydrogen (secondary N) is 2. The molecule has 0 saturated heterocycles. The molecule has 2 atom stereocenters. The lowest BCUT2D eigenvalue weighted by Crippen LogP contribution is -2.35. The summed E-state index contributed by atoms with van der Waals surface area (Å²) < 4.78 is 6.21. The van der Waals surface area contributed by atoms with E-state index in [0.717, 1.165) is 16.5 Å². The highest BCUT2D eigenvalue weighted by Gasteiger charge is 2.20. The summed E-state index contributed by atoms with van der Waals surface area (Å²) in [7, 11) is 1.51. The van der Waals surface area contributed by atoms with Crippen LogP contribution in [0, 0.1) is 5.92 Å². The van der Waals surface area contributed by atoms with Crippen LogP contribution in [0.3, 0.4) is 0 Å². The number of amides is 2. The van der Waals surface area contributed by atoms with Crippen molar-refractivity contribution >= 4 is 34.5 Å². The van der Waals surface area contributed by atoms with Gasteiger partial charge in [0.15, 0.2) is 0 Å². The number of benzene rings is 2. The van der Waals surface area contributed by atoms with E-state index in [1.807, 2.05) is 54.6 Å². The van der Waals surface area contributed by atoms with Crippen molar-refractivity contribution in [3.05, 3.63) is 71.9 Å². The van der Waals surface area contributed by atoms with E-state index in [4.69, 9.17) is 16.5 Å². The molecule has 0 spiro atoms. The number of aliphatic hydroxyl groups excluding tert-OH is 1.